The minimum Gasteiger partial charge on any atom is -0.334 e. The molecule has 1 aliphatic rings. The third-order valence-corrected chi connectivity index (χ3v) is 4.75. The molecular weight excluding hydrogens is 357 g/mol. The van der Waals surface area contributed by atoms with Crippen molar-refractivity contribution in [3.63, 3.8) is 0 Å². The molecule has 2 heterocycles. The number of aryl methyl sites for hydroxylation is 1. The Kier molecular flexibility index (Phi) is 4.20. The Hall–Kier alpha value is -2.73. The number of hydrogen-bond donors (Lipinski definition) is 0. The predicted octanol–water partition coefficient (Wildman–Crippen LogP) is 4.36. The molecular formula is C19H15ClFN3O2. The van der Waals surface area contributed by atoms with Gasteiger partial charge in [0.25, 0.3) is 5.89 Å². The van der Waals surface area contributed by atoms with E-state index < -0.39 is 5.82 Å². The van der Waals surface area contributed by atoms with Crippen LogP contribution in [0.2, 0.25) is 5.02 Å². The van der Waals surface area contributed by atoms with Crippen molar-refractivity contribution in [3.8, 4) is 11.5 Å². The van der Waals surface area contributed by atoms with Crippen LogP contribution in [0.25, 0.3) is 11.5 Å². The van der Waals surface area contributed by atoms with Gasteiger partial charge in [0.05, 0.1) is 10.6 Å². The summed E-state index contributed by atoms with van der Waals surface area (Å²) in [7, 11) is 0. The lowest BCUT2D eigenvalue weighted by Crippen LogP contribution is -2.24. The molecule has 1 saturated heterocycles. The number of carbonyl (C=O) groups is 1. The number of benzene rings is 2. The van der Waals surface area contributed by atoms with E-state index in [2.05, 4.69) is 10.1 Å². The summed E-state index contributed by atoms with van der Waals surface area (Å²) in [6, 6.07) is 11.8. The van der Waals surface area contributed by atoms with Crippen molar-refractivity contribution in [2.75, 3.05) is 11.4 Å². The van der Waals surface area contributed by atoms with Crippen molar-refractivity contribution in [3.05, 3.63) is 64.7 Å². The van der Waals surface area contributed by atoms with Crippen LogP contribution in [0.1, 0.15) is 23.7 Å². The van der Waals surface area contributed by atoms with Crippen molar-refractivity contribution >= 4 is 23.2 Å². The fraction of sp³-hybridized carbons (Fsp3) is 0.211. The topological polar surface area (TPSA) is 59.2 Å². The summed E-state index contributed by atoms with van der Waals surface area (Å²) in [5.41, 5.74) is 2.45. The maximum atomic E-state index is 13.2. The Bertz CT molecular complexity index is 971. The average molecular weight is 372 g/mol. The summed E-state index contributed by atoms with van der Waals surface area (Å²) in [5.74, 6) is 0.0775. The molecule has 5 nitrogen and oxygen atoms in total. The molecule has 4 rings (SSSR count). The van der Waals surface area contributed by atoms with Gasteiger partial charge >= 0.3 is 0 Å². The second kappa shape index (κ2) is 6.53. The van der Waals surface area contributed by atoms with Gasteiger partial charge < -0.3 is 9.42 Å². The number of nitrogens with zero attached hydrogens (tertiary/aromatic N) is 3. The lowest BCUT2D eigenvalue weighted by Gasteiger charge is -2.16. The maximum Gasteiger partial charge on any atom is 0.259 e. The molecule has 7 heteroatoms. The van der Waals surface area contributed by atoms with Crippen LogP contribution >= 0.6 is 11.6 Å². The van der Waals surface area contributed by atoms with Gasteiger partial charge in [-0.15, -0.1) is 0 Å². The summed E-state index contributed by atoms with van der Waals surface area (Å²) in [4.78, 5) is 18.5. The van der Waals surface area contributed by atoms with Crippen molar-refractivity contribution in [2.24, 2.45) is 0 Å². The zero-order valence-corrected chi connectivity index (χ0v) is 14.7. The number of aromatic nitrogens is 2. The molecule has 3 aromatic rings. The van der Waals surface area contributed by atoms with Crippen LogP contribution in [0.4, 0.5) is 10.1 Å². The van der Waals surface area contributed by atoms with E-state index in [-0.39, 0.29) is 22.7 Å². The molecule has 0 saturated carbocycles. The Labute approximate surface area is 154 Å². The molecule has 132 valence electrons. The molecule has 26 heavy (non-hydrogen) atoms. The summed E-state index contributed by atoms with van der Waals surface area (Å²) in [6.45, 7) is 2.48. The molecule has 0 radical (unpaired) electrons. The Balaban J connectivity index is 1.57. The van der Waals surface area contributed by atoms with Crippen LogP contribution in [-0.4, -0.2) is 22.6 Å². The Morgan fingerprint density at radius 2 is 2.00 bits per heavy atom. The van der Waals surface area contributed by atoms with E-state index in [1.54, 1.807) is 4.90 Å². The molecule has 1 amide bonds. The molecule has 0 N–H and O–H groups in total. The van der Waals surface area contributed by atoms with Gasteiger partial charge in [-0.2, -0.15) is 4.98 Å². The van der Waals surface area contributed by atoms with E-state index in [0.29, 0.717) is 24.4 Å². The smallest absolute Gasteiger partial charge is 0.259 e. The van der Waals surface area contributed by atoms with Gasteiger partial charge in [0, 0.05) is 24.6 Å². The molecule has 2 aromatic carbocycles. The van der Waals surface area contributed by atoms with Crippen molar-refractivity contribution in [1.82, 2.24) is 10.1 Å². The van der Waals surface area contributed by atoms with Gasteiger partial charge in [0.15, 0.2) is 5.82 Å². The molecule has 1 atom stereocenters. The third-order valence-electron chi connectivity index (χ3n) is 4.44. The van der Waals surface area contributed by atoms with Crippen LogP contribution in [0, 0.1) is 12.7 Å². The second-order valence-electron chi connectivity index (χ2n) is 6.32. The highest BCUT2D eigenvalue weighted by atomic mass is 35.5. The number of hydrogen-bond acceptors (Lipinski definition) is 4. The van der Waals surface area contributed by atoms with E-state index in [1.165, 1.54) is 18.2 Å². The van der Waals surface area contributed by atoms with Crippen LogP contribution in [0.5, 0.6) is 0 Å². The summed E-state index contributed by atoms with van der Waals surface area (Å²) < 4.78 is 18.5. The Morgan fingerprint density at radius 3 is 2.73 bits per heavy atom. The predicted molar refractivity (Wildman–Crippen MR) is 95.6 cm³/mol. The average Bonchev–Trinajstić information content (AvgIpc) is 3.23. The molecule has 0 spiro atoms. The highest BCUT2D eigenvalue weighted by Crippen LogP contribution is 2.33. The molecule has 1 aromatic heterocycles. The van der Waals surface area contributed by atoms with Crippen molar-refractivity contribution < 1.29 is 13.7 Å². The van der Waals surface area contributed by atoms with Crippen LogP contribution in [0.3, 0.4) is 0 Å². The monoisotopic (exact) mass is 371 g/mol. The van der Waals surface area contributed by atoms with E-state index in [9.17, 15) is 9.18 Å². The highest BCUT2D eigenvalue weighted by Gasteiger charge is 2.34. The molecule has 0 aliphatic carbocycles. The highest BCUT2D eigenvalue weighted by molar-refractivity contribution is 6.33. The zero-order chi connectivity index (χ0) is 18.3. The van der Waals surface area contributed by atoms with Gasteiger partial charge in [0.1, 0.15) is 5.82 Å². The Morgan fingerprint density at radius 1 is 1.23 bits per heavy atom. The minimum atomic E-state index is -0.436. The van der Waals surface area contributed by atoms with Crippen molar-refractivity contribution in [2.45, 2.75) is 19.3 Å². The summed E-state index contributed by atoms with van der Waals surface area (Å²) in [6.07, 6.45) is 0.310. The second-order valence-corrected chi connectivity index (χ2v) is 6.73. The first-order valence-electron chi connectivity index (χ1n) is 8.17. The fourth-order valence-corrected chi connectivity index (χ4v) is 3.28. The number of anilines is 1. The largest absolute Gasteiger partial charge is 0.334 e. The zero-order valence-electron chi connectivity index (χ0n) is 13.9. The van der Waals surface area contributed by atoms with E-state index >= 15 is 0 Å². The van der Waals surface area contributed by atoms with Gasteiger partial charge in [0.2, 0.25) is 5.91 Å². The third kappa shape index (κ3) is 3.08. The standard InChI is InChI=1S/C19H15ClFN3O2/c1-11-2-5-14(6-3-11)24-10-12(8-17(24)25)18-22-19(26-23-18)15-7-4-13(21)9-16(15)20/h2-7,9,12H,8,10H2,1H3. The van der Waals surface area contributed by atoms with Gasteiger partial charge in [-0.25, -0.2) is 4.39 Å². The molecule has 1 unspecified atom stereocenters. The SMILES string of the molecule is Cc1ccc(N2CC(c3noc(-c4ccc(F)cc4Cl)n3)CC2=O)cc1. The lowest BCUT2D eigenvalue weighted by molar-refractivity contribution is -0.117. The number of carbonyl (C=O) groups excluding carboxylic acids is 1. The van der Waals surface area contributed by atoms with Crippen LogP contribution in [0.15, 0.2) is 47.0 Å². The normalized spacial score (nSPS) is 17.1. The first kappa shape index (κ1) is 16.7. The van der Waals surface area contributed by atoms with E-state index in [1.807, 2.05) is 31.2 Å². The molecule has 0 bridgehead atoms. The number of amides is 1. The summed E-state index contributed by atoms with van der Waals surface area (Å²) >= 11 is 6.04. The van der Waals surface area contributed by atoms with Gasteiger partial charge in [-0.3, -0.25) is 4.79 Å². The first-order chi connectivity index (χ1) is 12.5. The molecule has 1 aliphatic heterocycles. The molecule has 1 fully saturated rings. The quantitative estimate of drug-likeness (QED) is 0.686. The van der Waals surface area contributed by atoms with Crippen molar-refractivity contribution in [1.29, 1.82) is 0 Å². The minimum absolute atomic E-state index is 0.0185. The van der Waals surface area contributed by atoms with Crippen LogP contribution in [-0.2, 0) is 4.79 Å². The van der Waals surface area contributed by atoms with E-state index in [4.69, 9.17) is 16.1 Å². The fourth-order valence-electron chi connectivity index (χ4n) is 3.03. The maximum absolute atomic E-state index is 13.2. The van der Waals surface area contributed by atoms with Gasteiger partial charge in [-0.1, -0.05) is 34.5 Å². The number of rotatable bonds is 3. The first-order valence-corrected chi connectivity index (χ1v) is 8.55. The number of halogens is 2. The summed E-state index contributed by atoms with van der Waals surface area (Å²) in [5, 5.41) is 4.20. The van der Waals surface area contributed by atoms with Crippen LogP contribution < -0.4 is 4.90 Å². The lowest BCUT2D eigenvalue weighted by atomic mass is 10.1. The van der Waals surface area contributed by atoms with Gasteiger partial charge in [-0.05, 0) is 37.3 Å². The van der Waals surface area contributed by atoms with E-state index in [0.717, 1.165) is 11.3 Å².